The monoisotopic (exact) mass is 172 g/mol. The highest BCUT2D eigenvalue weighted by Gasteiger charge is 1.74. The van der Waals surface area contributed by atoms with Crippen LogP contribution in [0.5, 0.6) is 0 Å². The van der Waals surface area contributed by atoms with E-state index in [1.54, 1.807) is 0 Å². The van der Waals surface area contributed by atoms with E-state index in [4.69, 9.17) is 10.2 Å². The molecule has 0 amide bonds. The van der Waals surface area contributed by atoms with Gasteiger partial charge in [-0.25, -0.2) is 0 Å². The van der Waals surface area contributed by atoms with Gasteiger partial charge in [-0.3, -0.25) is 0 Å². The molecule has 0 saturated carbocycles. The molecule has 2 heteroatoms. The molecule has 0 bridgehead atoms. The van der Waals surface area contributed by atoms with Crippen molar-refractivity contribution in [2.45, 2.75) is 27.7 Å². The number of aliphatic hydroxyl groups excluding tert-OH is 2. The summed E-state index contributed by atoms with van der Waals surface area (Å²) in [4.78, 5) is 0. The van der Waals surface area contributed by atoms with Crippen LogP contribution in [0.4, 0.5) is 0 Å². The van der Waals surface area contributed by atoms with E-state index in [2.05, 4.69) is 0 Å². The topological polar surface area (TPSA) is 40.5 Å². The van der Waals surface area contributed by atoms with Gasteiger partial charge in [-0.15, -0.1) is 0 Å². The maximum absolute atomic E-state index is 8.27. The molecule has 12 heavy (non-hydrogen) atoms. The summed E-state index contributed by atoms with van der Waals surface area (Å²) in [6.07, 6.45) is 3.78. The smallest absolute Gasteiger partial charge is 0.0638 e. The van der Waals surface area contributed by atoms with Crippen molar-refractivity contribution < 1.29 is 10.2 Å². The average Bonchev–Trinajstić information content (AvgIpc) is 2.16. The van der Waals surface area contributed by atoms with Crippen molar-refractivity contribution in [3.8, 4) is 0 Å². The molecule has 0 unspecified atom stereocenters. The van der Waals surface area contributed by atoms with Crippen molar-refractivity contribution in [1.82, 2.24) is 0 Å². The van der Waals surface area contributed by atoms with E-state index in [-0.39, 0.29) is 13.2 Å². The van der Waals surface area contributed by atoms with Crippen LogP contribution >= 0.6 is 0 Å². The van der Waals surface area contributed by atoms with Crippen molar-refractivity contribution in [3.63, 3.8) is 0 Å². The Morgan fingerprint density at radius 1 is 0.917 bits per heavy atom. The van der Waals surface area contributed by atoms with Gasteiger partial charge in [0.05, 0.1) is 13.2 Å². The summed E-state index contributed by atoms with van der Waals surface area (Å²) >= 11 is 0. The van der Waals surface area contributed by atoms with Gasteiger partial charge < -0.3 is 10.2 Å². The molecule has 0 aromatic carbocycles. The summed E-state index contributed by atoms with van der Waals surface area (Å²) in [6.45, 7) is 7.98. The van der Waals surface area contributed by atoms with Gasteiger partial charge in [-0.05, 0) is 27.7 Å². The molecule has 0 saturated heterocycles. The summed E-state index contributed by atoms with van der Waals surface area (Å²) in [5.41, 5.74) is 2.05. The van der Waals surface area contributed by atoms with E-state index in [1.807, 2.05) is 39.8 Å². The van der Waals surface area contributed by atoms with Crippen LogP contribution in [0, 0.1) is 0 Å². The Labute approximate surface area is 75.2 Å². The third-order valence-corrected chi connectivity index (χ3v) is 1.48. The lowest BCUT2D eigenvalue weighted by Gasteiger charge is -1.84. The Kier molecular flexibility index (Phi) is 12.1. The number of rotatable bonds is 2. The summed E-state index contributed by atoms with van der Waals surface area (Å²) in [7, 11) is 0. The summed E-state index contributed by atoms with van der Waals surface area (Å²) in [6, 6.07) is 0. The predicted molar refractivity (Wildman–Crippen MR) is 53.0 cm³/mol. The average molecular weight is 172 g/mol. The van der Waals surface area contributed by atoms with Crippen LogP contribution in [0.25, 0.3) is 0 Å². The van der Waals surface area contributed by atoms with E-state index < -0.39 is 0 Å². The zero-order valence-electron chi connectivity index (χ0n) is 8.46. The molecule has 0 atom stereocenters. The molecular formula is C10H20O2. The van der Waals surface area contributed by atoms with Gasteiger partial charge in [0.15, 0.2) is 0 Å². The van der Waals surface area contributed by atoms with E-state index >= 15 is 0 Å². The van der Waals surface area contributed by atoms with Crippen LogP contribution in [0.15, 0.2) is 23.3 Å². The molecule has 0 aliphatic heterocycles. The highest BCUT2D eigenvalue weighted by molar-refractivity contribution is 4.94. The molecule has 0 aromatic rings. The third kappa shape index (κ3) is 12.1. The van der Waals surface area contributed by atoms with Gasteiger partial charge in [0.1, 0.15) is 0 Å². The Morgan fingerprint density at radius 3 is 1.17 bits per heavy atom. The zero-order chi connectivity index (χ0) is 9.98. The molecule has 0 radical (unpaired) electrons. The summed E-state index contributed by atoms with van der Waals surface area (Å²) in [5, 5.41) is 16.5. The maximum Gasteiger partial charge on any atom is 0.0638 e. The molecule has 72 valence electrons. The maximum atomic E-state index is 8.27. The van der Waals surface area contributed by atoms with Crippen molar-refractivity contribution in [3.05, 3.63) is 23.3 Å². The second kappa shape index (κ2) is 10.4. The number of hydrogen-bond acceptors (Lipinski definition) is 2. The lowest BCUT2D eigenvalue weighted by atomic mass is 10.3. The van der Waals surface area contributed by atoms with Crippen molar-refractivity contribution in [2.75, 3.05) is 13.2 Å². The highest BCUT2D eigenvalue weighted by atomic mass is 16.3. The minimum Gasteiger partial charge on any atom is -0.392 e. The minimum absolute atomic E-state index is 0.191. The first kappa shape index (κ1) is 14.0. The fourth-order valence-corrected chi connectivity index (χ4v) is 0.183. The van der Waals surface area contributed by atoms with Crippen LogP contribution in [0.1, 0.15) is 27.7 Å². The minimum atomic E-state index is 0.191. The number of aliphatic hydroxyl groups is 2. The van der Waals surface area contributed by atoms with Crippen LogP contribution < -0.4 is 0 Å². The SMILES string of the molecule is CC=C(C)CO.CC=C(C)CO. The lowest BCUT2D eigenvalue weighted by molar-refractivity contribution is 0.331. The van der Waals surface area contributed by atoms with Crippen molar-refractivity contribution >= 4 is 0 Å². The van der Waals surface area contributed by atoms with E-state index in [1.165, 1.54) is 0 Å². The molecule has 0 rings (SSSR count). The molecule has 0 aliphatic rings. The normalized spacial score (nSPS) is 12.2. The van der Waals surface area contributed by atoms with Crippen LogP contribution in [0.3, 0.4) is 0 Å². The fraction of sp³-hybridized carbons (Fsp3) is 0.600. The summed E-state index contributed by atoms with van der Waals surface area (Å²) in [5.74, 6) is 0. The van der Waals surface area contributed by atoms with Gasteiger partial charge >= 0.3 is 0 Å². The van der Waals surface area contributed by atoms with Gasteiger partial charge in [-0.2, -0.15) is 0 Å². The molecule has 0 aromatic heterocycles. The molecule has 0 aliphatic carbocycles. The predicted octanol–water partition coefficient (Wildman–Crippen LogP) is 1.89. The second-order valence-electron chi connectivity index (χ2n) is 2.59. The molecule has 0 spiro atoms. The highest BCUT2D eigenvalue weighted by Crippen LogP contribution is 1.85. The van der Waals surface area contributed by atoms with Crippen molar-refractivity contribution in [2.24, 2.45) is 0 Å². The second-order valence-corrected chi connectivity index (χ2v) is 2.59. The summed E-state index contributed by atoms with van der Waals surface area (Å²) < 4.78 is 0. The zero-order valence-corrected chi connectivity index (χ0v) is 8.46. The van der Waals surface area contributed by atoms with Gasteiger partial charge in [-0.1, -0.05) is 23.3 Å². The third-order valence-electron chi connectivity index (χ3n) is 1.48. The number of allylic oxidation sites excluding steroid dienone is 2. The van der Waals surface area contributed by atoms with Gasteiger partial charge in [0, 0.05) is 0 Å². The van der Waals surface area contributed by atoms with E-state index in [0.29, 0.717) is 0 Å². The largest absolute Gasteiger partial charge is 0.392 e. The van der Waals surface area contributed by atoms with E-state index in [0.717, 1.165) is 11.1 Å². The van der Waals surface area contributed by atoms with Crippen molar-refractivity contribution in [1.29, 1.82) is 0 Å². The Bertz CT molecular complexity index is 128. The molecule has 0 fully saturated rings. The van der Waals surface area contributed by atoms with Crippen LogP contribution in [-0.2, 0) is 0 Å². The molecule has 2 nitrogen and oxygen atoms in total. The Balaban J connectivity index is 0. The van der Waals surface area contributed by atoms with Crippen LogP contribution in [-0.4, -0.2) is 23.4 Å². The first-order valence-corrected chi connectivity index (χ1v) is 4.07. The Morgan fingerprint density at radius 2 is 1.17 bits per heavy atom. The first-order chi connectivity index (χ1) is 5.62. The fourth-order valence-electron chi connectivity index (χ4n) is 0.183. The van der Waals surface area contributed by atoms with Crippen LogP contribution in [0.2, 0.25) is 0 Å². The lowest BCUT2D eigenvalue weighted by Crippen LogP contribution is -1.79. The van der Waals surface area contributed by atoms with Gasteiger partial charge in [0.2, 0.25) is 0 Å². The molecular weight excluding hydrogens is 152 g/mol. The standard InChI is InChI=1S/2C5H10O/c2*1-3-5(2)4-6/h2*3,6H,4H2,1-2H3. The first-order valence-electron chi connectivity index (χ1n) is 4.07. The van der Waals surface area contributed by atoms with E-state index in [9.17, 15) is 0 Å². The molecule has 0 heterocycles. The quantitative estimate of drug-likeness (QED) is 0.624. The van der Waals surface area contributed by atoms with Gasteiger partial charge in [0.25, 0.3) is 0 Å². The number of hydrogen-bond donors (Lipinski definition) is 2. The Hall–Kier alpha value is -0.600. The molecule has 2 N–H and O–H groups in total.